The SMILES string of the molecule is C=CC(C)N1CCC(C)C(N)C1. The molecule has 0 spiro atoms. The summed E-state index contributed by atoms with van der Waals surface area (Å²) in [5.41, 5.74) is 5.99. The van der Waals surface area contributed by atoms with Gasteiger partial charge in [0.05, 0.1) is 0 Å². The Morgan fingerprint density at radius 3 is 2.83 bits per heavy atom. The van der Waals surface area contributed by atoms with E-state index in [4.69, 9.17) is 5.73 Å². The second kappa shape index (κ2) is 4.06. The molecule has 0 bridgehead atoms. The first-order valence-electron chi connectivity index (χ1n) is 4.77. The molecule has 1 saturated heterocycles. The Labute approximate surface area is 75.4 Å². The van der Waals surface area contributed by atoms with Crippen molar-refractivity contribution in [3.05, 3.63) is 12.7 Å². The number of hydrogen-bond donors (Lipinski definition) is 1. The van der Waals surface area contributed by atoms with E-state index in [1.54, 1.807) is 0 Å². The smallest absolute Gasteiger partial charge is 0.0247 e. The average molecular weight is 168 g/mol. The van der Waals surface area contributed by atoms with E-state index in [1.807, 2.05) is 6.08 Å². The molecular formula is C10H20N2. The van der Waals surface area contributed by atoms with Gasteiger partial charge in [0.25, 0.3) is 0 Å². The third kappa shape index (κ3) is 2.08. The molecule has 2 N–H and O–H groups in total. The van der Waals surface area contributed by atoms with Crippen molar-refractivity contribution >= 4 is 0 Å². The summed E-state index contributed by atoms with van der Waals surface area (Å²) < 4.78 is 0. The van der Waals surface area contributed by atoms with E-state index in [1.165, 1.54) is 13.0 Å². The molecule has 0 amide bonds. The van der Waals surface area contributed by atoms with Crippen molar-refractivity contribution < 1.29 is 0 Å². The fourth-order valence-corrected chi connectivity index (χ4v) is 1.64. The number of likely N-dealkylation sites (tertiary alicyclic amines) is 1. The lowest BCUT2D eigenvalue weighted by molar-refractivity contribution is 0.148. The molecule has 3 atom stereocenters. The zero-order chi connectivity index (χ0) is 9.14. The topological polar surface area (TPSA) is 29.3 Å². The predicted octanol–water partition coefficient (Wildman–Crippen LogP) is 1.23. The van der Waals surface area contributed by atoms with E-state index in [-0.39, 0.29) is 0 Å². The first-order valence-corrected chi connectivity index (χ1v) is 4.77. The van der Waals surface area contributed by atoms with Crippen molar-refractivity contribution in [3.63, 3.8) is 0 Å². The molecule has 1 aliphatic heterocycles. The molecule has 12 heavy (non-hydrogen) atoms. The van der Waals surface area contributed by atoms with E-state index in [2.05, 4.69) is 25.3 Å². The summed E-state index contributed by atoms with van der Waals surface area (Å²) >= 11 is 0. The van der Waals surface area contributed by atoms with Crippen molar-refractivity contribution in [2.75, 3.05) is 13.1 Å². The Kier molecular flexibility index (Phi) is 3.29. The molecule has 3 unspecified atom stereocenters. The third-order valence-electron chi connectivity index (χ3n) is 2.96. The molecule has 0 aliphatic carbocycles. The molecule has 0 radical (unpaired) electrons. The van der Waals surface area contributed by atoms with Gasteiger partial charge in [-0.05, 0) is 25.8 Å². The maximum absolute atomic E-state index is 5.99. The monoisotopic (exact) mass is 168 g/mol. The highest BCUT2D eigenvalue weighted by Gasteiger charge is 2.24. The highest BCUT2D eigenvalue weighted by Crippen LogP contribution is 2.17. The fraction of sp³-hybridized carbons (Fsp3) is 0.800. The summed E-state index contributed by atoms with van der Waals surface area (Å²) in [5.74, 6) is 0.679. The summed E-state index contributed by atoms with van der Waals surface area (Å²) in [6, 6.07) is 0.824. The number of piperidine rings is 1. The van der Waals surface area contributed by atoms with Gasteiger partial charge in [-0.2, -0.15) is 0 Å². The lowest BCUT2D eigenvalue weighted by Crippen LogP contribution is -2.50. The van der Waals surface area contributed by atoms with Gasteiger partial charge in [0.2, 0.25) is 0 Å². The molecule has 70 valence electrons. The Morgan fingerprint density at radius 1 is 1.67 bits per heavy atom. The van der Waals surface area contributed by atoms with Crippen LogP contribution in [0.1, 0.15) is 20.3 Å². The van der Waals surface area contributed by atoms with Crippen molar-refractivity contribution in [2.24, 2.45) is 11.7 Å². The lowest BCUT2D eigenvalue weighted by Gasteiger charge is -2.37. The van der Waals surface area contributed by atoms with Crippen molar-refractivity contribution in [2.45, 2.75) is 32.4 Å². The Bertz CT molecular complexity index is 156. The summed E-state index contributed by atoms with van der Waals surface area (Å²) in [5, 5.41) is 0. The molecule has 2 heteroatoms. The predicted molar refractivity (Wildman–Crippen MR) is 53.0 cm³/mol. The minimum absolute atomic E-state index is 0.348. The Balaban J connectivity index is 2.44. The summed E-state index contributed by atoms with van der Waals surface area (Å²) in [6.45, 7) is 10.4. The molecule has 0 saturated carbocycles. The molecule has 2 nitrogen and oxygen atoms in total. The summed E-state index contributed by atoms with van der Waals surface area (Å²) in [4.78, 5) is 2.40. The van der Waals surface area contributed by atoms with E-state index < -0.39 is 0 Å². The quantitative estimate of drug-likeness (QED) is 0.628. The maximum Gasteiger partial charge on any atom is 0.0247 e. The number of nitrogens with zero attached hydrogens (tertiary/aromatic N) is 1. The number of hydrogen-bond acceptors (Lipinski definition) is 2. The van der Waals surface area contributed by atoms with Crippen LogP contribution in [0.5, 0.6) is 0 Å². The second-order valence-corrected chi connectivity index (χ2v) is 3.90. The zero-order valence-electron chi connectivity index (χ0n) is 8.16. The highest BCUT2D eigenvalue weighted by molar-refractivity contribution is 4.89. The third-order valence-corrected chi connectivity index (χ3v) is 2.96. The van der Waals surface area contributed by atoms with E-state index in [0.717, 1.165) is 6.54 Å². The molecule has 1 heterocycles. The van der Waals surface area contributed by atoms with E-state index >= 15 is 0 Å². The summed E-state index contributed by atoms with van der Waals surface area (Å²) in [7, 11) is 0. The van der Waals surface area contributed by atoms with Gasteiger partial charge >= 0.3 is 0 Å². The van der Waals surface area contributed by atoms with Crippen LogP contribution in [0, 0.1) is 5.92 Å². The largest absolute Gasteiger partial charge is 0.326 e. The standard InChI is InChI=1S/C10H20N2/c1-4-9(3)12-6-5-8(2)10(11)7-12/h4,8-10H,1,5-7,11H2,2-3H3. The van der Waals surface area contributed by atoms with Crippen LogP contribution in [-0.4, -0.2) is 30.1 Å². The van der Waals surface area contributed by atoms with Crippen LogP contribution < -0.4 is 5.73 Å². The Hall–Kier alpha value is -0.340. The van der Waals surface area contributed by atoms with Gasteiger partial charge in [-0.1, -0.05) is 13.0 Å². The first-order chi connectivity index (χ1) is 5.65. The van der Waals surface area contributed by atoms with Gasteiger partial charge in [-0.3, -0.25) is 4.90 Å². The van der Waals surface area contributed by atoms with E-state index in [0.29, 0.717) is 18.0 Å². The molecule has 1 fully saturated rings. The van der Waals surface area contributed by atoms with Crippen molar-refractivity contribution in [3.8, 4) is 0 Å². The molecule has 1 rings (SSSR count). The molecule has 0 aromatic heterocycles. The van der Waals surface area contributed by atoms with Crippen molar-refractivity contribution in [1.29, 1.82) is 0 Å². The maximum atomic E-state index is 5.99. The molecule has 0 aromatic rings. The van der Waals surface area contributed by atoms with Crippen LogP contribution in [0.2, 0.25) is 0 Å². The van der Waals surface area contributed by atoms with Crippen LogP contribution in [0.15, 0.2) is 12.7 Å². The van der Waals surface area contributed by atoms with Gasteiger partial charge in [0.1, 0.15) is 0 Å². The Morgan fingerprint density at radius 2 is 2.33 bits per heavy atom. The van der Waals surface area contributed by atoms with Crippen LogP contribution in [0.25, 0.3) is 0 Å². The minimum atomic E-state index is 0.348. The molecular weight excluding hydrogens is 148 g/mol. The van der Waals surface area contributed by atoms with Crippen LogP contribution >= 0.6 is 0 Å². The molecule has 1 aliphatic rings. The average Bonchev–Trinajstić information content (AvgIpc) is 2.08. The minimum Gasteiger partial charge on any atom is -0.326 e. The molecule has 0 aromatic carbocycles. The number of nitrogens with two attached hydrogens (primary N) is 1. The second-order valence-electron chi connectivity index (χ2n) is 3.90. The lowest BCUT2D eigenvalue weighted by atomic mass is 9.93. The zero-order valence-corrected chi connectivity index (χ0v) is 8.16. The van der Waals surface area contributed by atoms with Gasteiger partial charge in [0, 0.05) is 18.6 Å². The van der Waals surface area contributed by atoms with E-state index in [9.17, 15) is 0 Å². The van der Waals surface area contributed by atoms with Gasteiger partial charge < -0.3 is 5.73 Å². The van der Waals surface area contributed by atoms with Gasteiger partial charge in [-0.15, -0.1) is 6.58 Å². The van der Waals surface area contributed by atoms with Crippen molar-refractivity contribution in [1.82, 2.24) is 4.90 Å². The van der Waals surface area contributed by atoms with Crippen LogP contribution in [0.3, 0.4) is 0 Å². The van der Waals surface area contributed by atoms with Crippen LogP contribution in [-0.2, 0) is 0 Å². The normalized spacial score (nSPS) is 34.6. The van der Waals surface area contributed by atoms with Gasteiger partial charge in [-0.25, -0.2) is 0 Å². The highest BCUT2D eigenvalue weighted by atomic mass is 15.2. The summed E-state index contributed by atoms with van der Waals surface area (Å²) in [6.07, 6.45) is 3.21. The van der Waals surface area contributed by atoms with Gasteiger partial charge in [0.15, 0.2) is 0 Å². The van der Waals surface area contributed by atoms with Crippen LogP contribution in [0.4, 0.5) is 0 Å². The first kappa shape index (κ1) is 9.75. The fourth-order valence-electron chi connectivity index (χ4n) is 1.64. The number of rotatable bonds is 2.